The van der Waals surface area contributed by atoms with E-state index in [9.17, 15) is 5.26 Å². The average Bonchev–Trinajstić information content (AvgIpc) is 3.09. The van der Waals surface area contributed by atoms with Gasteiger partial charge in [-0.05, 0) is 22.9 Å². The molecule has 0 bridgehead atoms. The molecule has 0 aliphatic carbocycles. The van der Waals surface area contributed by atoms with Gasteiger partial charge in [0.15, 0.2) is 0 Å². The first-order chi connectivity index (χ1) is 9.22. The number of nitrogen functional groups attached to an aromatic ring is 1. The van der Waals surface area contributed by atoms with Crippen LogP contribution in [0.25, 0.3) is 20.2 Å². The van der Waals surface area contributed by atoms with Crippen molar-refractivity contribution < 1.29 is 0 Å². The third-order valence-electron chi connectivity index (χ3n) is 2.64. The lowest BCUT2D eigenvalue weighted by molar-refractivity contribution is 1.52. The number of anilines is 1. The Morgan fingerprint density at radius 1 is 1.16 bits per heavy atom. The molecule has 0 aromatic carbocycles. The van der Waals surface area contributed by atoms with Crippen LogP contribution < -0.4 is 5.73 Å². The standard InChI is InChI=1S/C13H7ClN2S3/c14-7-3-5-18-12(7)13-10(8-2-1-4-17-8)11(16)9(6-15)19-13/h1-5H,16H2. The van der Waals surface area contributed by atoms with Crippen molar-refractivity contribution in [1.29, 1.82) is 5.26 Å². The smallest absolute Gasteiger partial charge is 0.129 e. The van der Waals surface area contributed by atoms with Gasteiger partial charge in [-0.1, -0.05) is 17.7 Å². The molecule has 0 aliphatic rings. The number of halogens is 1. The molecule has 0 saturated carbocycles. The number of thiophene rings is 3. The van der Waals surface area contributed by atoms with Crippen LogP contribution in [-0.4, -0.2) is 0 Å². The van der Waals surface area contributed by atoms with Crippen LogP contribution in [0.1, 0.15) is 4.88 Å². The van der Waals surface area contributed by atoms with Crippen LogP contribution in [0.3, 0.4) is 0 Å². The highest BCUT2D eigenvalue weighted by molar-refractivity contribution is 7.23. The second kappa shape index (κ2) is 4.99. The van der Waals surface area contributed by atoms with Gasteiger partial charge in [-0.2, -0.15) is 5.26 Å². The lowest BCUT2D eigenvalue weighted by Gasteiger charge is -2.01. The summed E-state index contributed by atoms with van der Waals surface area (Å²) in [6.07, 6.45) is 0. The average molecular weight is 323 g/mol. The first-order valence-corrected chi connectivity index (χ1v) is 8.27. The predicted octanol–water partition coefficient (Wildman–Crippen LogP) is 5.31. The molecule has 94 valence electrons. The number of nitriles is 1. The van der Waals surface area contributed by atoms with E-state index >= 15 is 0 Å². The molecule has 0 fully saturated rings. The van der Waals surface area contributed by atoms with Crippen molar-refractivity contribution in [3.8, 4) is 26.3 Å². The maximum absolute atomic E-state index is 9.17. The van der Waals surface area contributed by atoms with Gasteiger partial charge in [0.05, 0.1) is 20.5 Å². The maximum Gasteiger partial charge on any atom is 0.129 e. The van der Waals surface area contributed by atoms with Crippen molar-refractivity contribution in [2.75, 3.05) is 5.73 Å². The van der Waals surface area contributed by atoms with Gasteiger partial charge in [-0.15, -0.1) is 34.0 Å². The number of nitrogens with zero attached hydrogens (tertiary/aromatic N) is 1. The molecule has 3 aromatic heterocycles. The van der Waals surface area contributed by atoms with Crippen LogP contribution in [-0.2, 0) is 0 Å². The molecule has 0 radical (unpaired) electrons. The summed E-state index contributed by atoms with van der Waals surface area (Å²) in [4.78, 5) is 3.57. The van der Waals surface area contributed by atoms with Crippen molar-refractivity contribution in [3.05, 3.63) is 38.9 Å². The molecule has 0 atom stereocenters. The van der Waals surface area contributed by atoms with E-state index in [1.165, 1.54) is 11.3 Å². The van der Waals surface area contributed by atoms with Crippen molar-refractivity contribution in [2.45, 2.75) is 0 Å². The minimum absolute atomic E-state index is 0.544. The fourth-order valence-corrected chi connectivity index (χ4v) is 5.07. The number of rotatable bonds is 2. The van der Waals surface area contributed by atoms with E-state index in [2.05, 4.69) is 6.07 Å². The molecule has 2 nitrogen and oxygen atoms in total. The Morgan fingerprint density at radius 3 is 2.58 bits per heavy atom. The summed E-state index contributed by atoms with van der Waals surface area (Å²) >= 11 is 10.8. The third kappa shape index (κ3) is 2.07. The van der Waals surface area contributed by atoms with Crippen LogP contribution in [0.15, 0.2) is 29.0 Å². The Kier molecular flexibility index (Phi) is 3.33. The number of hydrogen-bond donors (Lipinski definition) is 1. The summed E-state index contributed by atoms with van der Waals surface area (Å²) in [5.41, 5.74) is 7.60. The quantitative estimate of drug-likeness (QED) is 0.694. The first kappa shape index (κ1) is 12.7. The van der Waals surface area contributed by atoms with E-state index in [1.54, 1.807) is 22.7 Å². The van der Waals surface area contributed by atoms with E-state index in [1.807, 2.05) is 29.0 Å². The highest BCUT2D eigenvalue weighted by Crippen LogP contribution is 2.49. The second-order valence-corrected chi connectivity index (χ2v) is 7.03. The fraction of sp³-hybridized carbons (Fsp3) is 0. The number of nitrogens with two attached hydrogens (primary N) is 1. The molecule has 0 spiro atoms. The van der Waals surface area contributed by atoms with Crippen LogP contribution in [0, 0.1) is 11.3 Å². The number of hydrogen-bond acceptors (Lipinski definition) is 5. The van der Waals surface area contributed by atoms with Crippen LogP contribution in [0.5, 0.6) is 0 Å². The minimum atomic E-state index is 0.544. The fourth-order valence-electron chi connectivity index (χ4n) is 1.81. The predicted molar refractivity (Wildman–Crippen MR) is 85.1 cm³/mol. The van der Waals surface area contributed by atoms with Gasteiger partial charge in [-0.25, -0.2) is 0 Å². The molecule has 3 heterocycles. The summed E-state index contributed by atoms with van der Waals surface area (Å²) in [5, 5.41) is 13.8. The third-order valence-corrected chi connectivity index (χ3v) is 6.14. The zero-order valence-electron chi connectivity index (χ0n) is 9.51. The summed E-state index contributed by atoms with van der Waals surface area (Å²) in [5.74, 6) is 0. The van der Waals surface area contributed by atoms with Crippen LogP contribution in [0.2, 0.25) is 5.02 Å². The Labute approximate surface area is 127 Å². The van der Waals surface area contributed by atoms with E-state index in [4.69, 9.17) is 17.3 Å². The van der Waals surface area contributed by atoms with Gasteiger partial charge in [0, 0.05) is 10.4 Å². The lowest BCUT2D eigenvalue weighted by Crippen LogP contribution is -1.87. The second-order valence-electron chi connectivity index (χ2n) is 3.74. The lowest BCUT2D eigenvalue weighted by atomic mass is 10.1. The summed E-state index contributed by atoms with van der Waals surface area (Å²) in [7, 11) is 0. The summed E-state index contributed by atoms with van der Waals surface area (Å²) in [6, 6.07) is 8.01. The van der Waals surface area contributed by atoms with Crippen LogP contribution in [0.4, 0.5) is 5.69 Å². The van der Waals surface area contributed by atoms with Crippen molar-refractivity contribution in [3.63, 3.8) is 0 Å². The van der Waals surface area contributed by atoms with Gasteiger partial charge >= 0.3 is 0 Å². The topological polar surface area (TPSA) is 49.8 Å². The maximum atomic E-state index is 9.17. The van der Waals surface area contributed by atoms with Gasteiger partial charge in [-0.3, -0.25) is 0 Å². The largest absolute Gasteiger partial charge is 0.396 e. The zero-order valence-corrected chi connectivity index (χ0v) is 12.7. The van der Waals surface area contributed by atoms with Crippen LogP contribution >= 0.6 is 45.6 Å². The Hall–Kier alpha value is -1.32. The van der Waals surface area contributed by atoms with Gasteiger partial charge in [0.2, 0.25) is 0 Å². The molecule has 19 heavy (non-hydrogen) atoms. The molecule has 0 unspecified atom stereocenters. The molecule has 3 aromatic rings. The molecule has 3 rings (SSSR count). The summed E-state index contributed by atoms with van der Waals surface area (Å²) < 4.78 is 0. The van der Waals surface area contributed by atoms with Crippen molar-refractivity contribution >= 4 is 51.3 Å². The first-order valence-electron chi connectivity index (χ1n) is 5.32. The Bertz CT molecular complexity index is 763. The molecule has 0 saturated heterocycles. The highest BCUT2D eigenvalue weighted by atomic mass is 35.5. The Morgan fingerprint density at radius 2 is 2.00 bits per heavy atom. The summed E-state index contributed by atoms with van der Waals surface area (Å²) in [6.45, 7) is 0. The van der Waals surface area contributed by atoms with Gasteiger partial charge in [0.25, 0.3) is 0 Å². The normalized spacial score (nSPS) is 10.5. The molecule has 0 aliphatic heterocycles. The SMILES string of the molecule is N#Cc1sc(-c2sccc2Cl)c(-c2cccs2)c1N. The Balaban J connectivity index is 2.31. The van der Waals surface area contributed by atoms with E-state index in [-0.39, 0.29) is 0 Å². The zero-order chi connectivity index (χ0) is 13.4. The van der Waals surface area contributed by atoms with Gasteiger partial charge in [0.1, 0.15) is 10.9 Å². The van der Waals surface area contributed by atoms with E-state index in [0.29, 0.717) is 15.6 Å². The van der Waals surface area contributed by atoms with E-state index < -0.39 is 0 Å². The van der Waals surface area contributed by atoms with E-state index in [0.717, 1.165) is 20.2 Å². The molecule has 2 N–H and O–H groups in total. The molecule has 6 heteroatoms. The van der Waals surface area contributed by atoms with Crippen molar-refractivity contribution in [2.24, 2.45) is 0 Å². The minimum Gasteiger partial charge on any atom is -0.396 e. The molecule has 0 amide bonds. The van der Waals surface area contributed by atoms with Crippen molar-refractivity contribution in [1.82, 2.24) is 0 Å². The molecular formula is C13H7ClN2S3. The van der Waals surface area contributed by atoms with Gasteiger partial charge < -0.3 is 5.73 Å². The molecular weight excluding hydrogens is 316 g/mol. The highest BCUT2D eigenvalue weighted by Gasteiger charge is 2.21. The monoisotopic (exact) mass is 322 g/mol.